The lowest BCUT2D eigenvalue weighted by atomic mass is 10.0. The van der Waals surface area contributed by atoms with Crippen LogP contribution in [-0.4, -0.2) is 18.1 Å². The quantitative estimate of drug-likeness (QED) is 0.0598. The third-order valence-electron chi connectivity index (χ3n) is 6.59. The molecule has 0 unspecified atom stereocenters. The van der Waals surface area contributed by atoms with E-state index in [0.717, 1.165) is 18.4 Å². The molecule has 0 aromatic heterocycles. The van der Waals surface area contributed by atoms with Gasteiger partial charge in [-0.1, -0.05) is 121 Å². The fourth-order valence-corrected chi connectivity index (χ4v) is 4.52. The van der Waals surface area contributed by atoms with Crippen molar-refractivity contribution in [3.8, 4) is 5.75 Å². The molecule has 38 heavy (non-hydrogen) atoms. The average molecular weight is 541 g/mol. The van der Waals surface area contributed by atoms with Gasteiger partial charge >= 0.3 is 5.97 Å². The number of hydrazone groups is 1. The summed E-state index contributed by atoms with van der Waals surface area (Å²) in [6.07, 6.45) is 21.7. The molecule has 1 N–H and O–H groups in total. The number of halogens is 1. The van der Waals surface area contributed by atoms with Crippen LogP contribution in [0.1, 0.15) is 126 Å². The van der Waals surface area contributed by atoms with Crippen LogP contribution in [0.4, 0.5) is 0 Å². The molecule has 0 saturated heterocycles. The van der Waals surface area contributed by atoms with E-state index in [-0.39, 0.29) is 5.91 Å². The zero-order valence-electron chi connectivity index (χ0n) is 23.1. The van der Waals surface area contributed by atoms with Gasteiger partial charge in [0.05, 0.1) is 16.8 Å². The molecule has 6 heteroatoms. The number of nitrogens with one attached hydrogen (secondary N) is 1. The van der Waals surface area contributed by atoms with Gasteiger partial charge in [-0.05, 0) is 48.4 Å². The molecular weight excluding hydrogens is 496 g/mol. The molecule has 0 saturated carbocycles. The van der Waals surface area contributed by atoms with E-state index < -0.39 is 5.97 Å². The third kappa shape index (κ3) is 14.3. The summed E-state index contributed by atoms with van der Waals surface area (Å²) >= 11 is 6.04. The van der Waals surface area contributed by atoms with Crippen LogP contribution in [0.15, 0.2) is 53.6 Å². The maximum absolute atomic E-state index is 12.2. The van der Waals surface area contributed by atoms with E-state index in [9.17, 15) is 9.59 Å². The largest absolute Gasteiger partial charge is 0.423 e. The van der Waals surface area contributed by atoms with E-state index in [1.165, 1.54) is 83.5 Å². The van der Waals surface area contributed by atoms with Crippen molar-refractivity contribution in [3.05, 3.63) is 64.7 Å². The van der Waals surface area contributed by atoms with Crippen molar-refractivity contribution < 1.29 is 14.3 Å². The number of carbonyl (C=O) groups is 2. The molecule has 2 rings (SSSR count). The molecular formula is C32H45ClN2O3. The van der Waals surface area contributed by atoms with Gasteiger partial charge in [-0.3, -0.25) is 4.79 Å². The molecule has 208 valence electrons. The number of carbonyl (C=O) groups excluding carboxylic acids is 2. The van der Waals surface area contributed by atoms with Gasteiger partial charge in [0, 0.05) is 6.42 Å². The highest BCUT2D eigenvalue weighted by atomic mass is 35.5. The SMILES string of the molecule is CCCCCCCCCCCCCCCCCC(=O)N/N=C\c1ccc(OC(=O)c2ccccc2Cl)cc1. The fraction of sp³-hybridized carbons (Fsp3) is 0.531. The van der Waals surface area contributed by atoms with Gasteiger partial charge in [0.1, 0.15) is 5.75 Å². The number of amides is 1. The van der Waals surface area contributed by atoms with Crippen LogP contribution in [0.5, 0.6) is 5.75 Å². The Hall–Kier alpha value is -2.66. The van der Waals surface area contributed by atoms with Crippen LogP contribution in [0, 0.1) is 0 Å². The highest BCUT2D eigenvalue weighted by Crippen LogP contribution is 2.19. The van der Waals surface area contributed by atoms with Gasteiger partial charge in [-0.2, -0.15) is 5.10 Å². The van der Waals surface area contributed by atoms with Crippen molar-refractivity contribution in [1.29, 1.82) is 0 Å². The van der Waals surface area contributed by atoms with E-state index in [1.807, 2.05) is 0 Å². The Labute approximate surface area is 234 Å². The number of esters is 1. The Morgan fingerprint density at radius 1 is 0.763 bits per heavy atom. The molecule has 0 aliphatic rings. The van der Waals surface area contributed by atoms with E-state index in [0.29, 0.717) is 22.8 Å². The van der Waals surface area contributed by atoms with Gasteiger partial charge in [0.15, 0.2) is 0 Å². The van der Waals surface area contributed by atoms with Crippen molar-refractivity contribution in [2.75, 3.05) is 0 Å². The standard InChI is InChI=1S/C32H45ClN2O3/c1-2-3-4-5-6-7-8-9-10-11-12-13-14-15-16-21-31(36)35-34-26-27-22-24-28(25-23-27)38-32(37)29-19-17-18-20-30(29)33/h17-20,22-26H,2-16,21H2,1H3,(H,35,36)/b34-26-. The Morgan fingerprint density at radius 2 is 1.29 bits per heavy atom. The van der Waals surface area contributed by atoms with Crippen LogP contribution < -0.4 is 10.2 Å². The van der Waals surface area contributed by atoms with Crippen molar-refractivity contribution in [2.45, 2.75) is 110 Å². The normalized spacial score (nSPS) is 11.1. The summed E-state index contributed by atoms with van der Waals surface area (Å²) in [7, 11) is 0. The zero-order chi connectivity index (χ0) is 27.3. The Morgan fingerprint density at radius 3 is 1.84 bits per heavy atom. The Kier molecular flexibility index (Phi) is 16.9. The first kappa shape index (κ1) is 31.6. The molecule has 0 heterocycles. The fourth-order valence-electron chi connectivity index (χ4n) is 4.30. The summed E-state index contributed by atoms with van der Waals surface area (Å²) in [5.41, 5.74) is 3.69. The number of hydrogen-bond acceptors (Lipinski definition) is 4. The molecule has 0 spiro atoms. The van der Waals surface area contributed by atoms with Gasteiger partial charge in [-0.15, -0.1) is 0 Å². The van der Waals surface area contributed by atoms with E-state index >= 15 is 0 Å². The maximum atomic E-state index is 12.2. The van der Waals surface area contributed by atoms with Crippen LogP contribution in [0.3, 0.4) is 0 Å². The van der Waals surface area contributed by atoms with Gasteiger partial charge in [0.25, 0.3) is 0 Å². The lowest BCUT2D eigenvalue weighted by Crippen LogP contribution is -2.16. The molecule has 0 bridgehead atoms. The molecule has 2 aromatic carbocycles. The van der Waals surface area contributed by atoms with E-state index in [1.54, 1.807) is 54.7 Å². The van der Waals surface area contributed by atoms with Crippen molar-refractivity contribution in [3.63, 3.8) is 0 Å². The topological polar surface area (TPSA) is 67.8 Å². The summed E-state index contributed by atoms with van der Waals surface area (Å²) in [5, 5.41) is 4.38. The monoisotopic (exact) mass is 540 g/mol. The number of rotatable bonds is 20. The minimum Gasteiger partial charge on any atom is -0.423 e. The van der Waals surface area contributed by atoms with Gasteiger partial charge < -0.3 is 4.74 Å². The Bertz CT molecular complexity index is 959. The molecule has 0 atom stereocenters. The molecule has 0 fully saturated rings. The van der Waals surface area contributed by atoms with Crippen LogP contribution in [-0.2, 0) is 4.79 Å². The summed E-state index contributed by atoms with van der Waals surface area (Å²) in [4.78, 5) is 24.2. The summed E-state index contributed by atoms with van der Waals surface area (Å²) in [6, 6.07) is 13.6. The average Bonchev–Trinajstić information content (AvgIpc) is 2.92. The maximum Gasteiger partial charge on any atom is 0.345 e. The zero-order valence-corrected chi connectivity index (χ0v) is 23.8. The smallest absolute Gasteiger partial charge is 0.345 e. The second-order valence-corrected chi connectivity index (χ2v) is 10.3. The van der Waals surface area contributed by atoms with Crippen molar-refractivity contribution in [2.24, 2.45) is 5.10 Å². The molecule has 0 aliphatic heterocycles. The molecule has 5 nitrogen and oxygen atoms in total. The van der Waals surface area contributed by atoms with Gasteiger partial charge in [-0.25, -0.2) is 10.2 Å². The highest BCUT2D eigenvalue weighted by molar-refractivity contribution is 6.33. The number of nitrogens with zero attached hydrogens (tertiary/aromatic N) is 1. The summed E-state index contributed by atoms with van der Waals surface area (Å²) in [6.45, 7) is 2.27. The molecule has 1 amide bonds. The first-order chi connectivity index (χ1) is 18.6. The summed E-state index contributed by atoms with van der Waals surface area (Å²) in [5.74, 6) is -0.173. The van der Waals surface area contributed by atoms with Crippen LogP contribution >= 0.6 is 11.6 Å². The number of ether oxygens (including phenoxy) is 1. The minimum absolute atomic E-state index is 0.0683. The second kappa shape index (κ2) is 20.3. The predicted octanol–water partition coefficient (Wildman–Crippen LogP) is 9.27. The minimum atomic E-state index is -0.511. The molecule has 0 radical (unpaired) electrons. The summed E-state index contributed by atoms with van der Waals surface area (Å²) < 4.78 is 5.36. The van der Waals surface area contributed by atoms with Crippen LogP contribution in [0.2, 0.25) is 5.02 Å². The Balaban J connectivity index is 1.46. The lowest BCUT2D eigenvalue weighted by molar-refractivity contribution is -0.121. The van der Waals surface area contributed by atoms with E-state index in [4.69, 9.17) is 16.3 Å². The van der Waals surface area contributed by atoms with Crippen molar-refractivity contribution in [1.82, 2.24) is 5.43 Å². The van der Waals surface area contributed by atoms with Gasteiger partial charge in [0.2, 0.25) is 5.91 Å². The number of unbranched alkanes of at least 4 members (excludes halogenated alkanes) is 14. The number of benzene rings is 2. The van der Waals surface area contributed by atoms with Crippen molar-refractivity contribution >= 4 is 29.7 Å². The first-order valence-electron chi connectivity index (χ1n) is 14.5. The van der Waals surface area contributed by atoms with E-state index in [2.05, 4.69) is 17.5 Å². The third-order valence-corrected chi connectivity index (χ3v) is 6.92. The first-order valence-corrected chi connectivity index (χ1v) is 14.9. The second-order valence-electron chi connectivity index (χ2n) is 9.93. The number of hydrogen-bond donors (Lipinski definition) is 1. The van der Waals surface area contributed by atoms with Crippen LogP contribution in [0.25, 0.3) is 0 Å². The molecule has 2 aromatic rings. The predicted molar refractivity (Wildman–Crippen MR) is 158 cm³/mol. The lowest BCUT2D eigenvalue weighted by Gasteiger charge is -2.06. The molecule has 0 aliphatic carbocycles. The highest BCUT2D eigenvalue weighted by Gasteiger charge is 2.12.